The SMILES string of the molecule is CCC(N)C(Sc1n[nH]c(=O)n1C)c1ccc(Cl)s1. The quantitative estimate of drug-likeness (QED) is 0.830. The summed E-state index contributed by atoms with van der Waals surface area (Å²) in [6, 6.07) is 3.82. The van der Waals surface area contributed by atoms with Gasteiger partial charge in [-0.3, -0.25) is 4.57 Å². The molecule has 2 aromatic heterocycles. The van der Waals surface area contributed by atoms with Gasteiger partial charge in [0.1, 0.15) is 0 Å². The predicted molar refractivity (Wildman–Crippen MR) is 80.0 cm³/mol. The largest absolute Gasteiger partial charge is 0.343 e. The Bertz CT molecular complexity index is 606. The fraction of sp³-hybridized carbons (Fsp3) is 0.455. The lowest BCUT2D eigenvalue weighted by atomic mass is 10.1. The minimum atomic E-state index is -0.226. The molecule has 2 unspecified atom stereocenters. The van der Waals surface area contributed by atoms with Gasteiger partial charge in [-0.2, -0.15) is 0 Å². The lowest BCUT2D eigenvalue weighted by molar-refractivity contribution is 0.635. The molecule has 0 aliphatic heterocycles. The molecular formula is C11H15ClN4OS2. The Kier molecular flexibility index (Phi) is 4.72. The summed E-state index contributed by atoms with van der Waals surface area (Å²) >= 11 is 8.98. The van der Waals surface area contributed by atoms with E-state index >= 15 is 0 Å². The van der Waals surface area contributed by atoms with Crippen molar-refractivity contribution in [2.45, 2.75) is 29.8 Å². The molecule has 0 fully saturated rings. The molecule has 104 valence electrons. The summed E-state index contributed by atoms with van der Waals surface area (Å²) < 4.78 is 2.22. The zero-order chi connectivity index (χ0) is 14.0. The Labute approximate surface area is 124 Å². The predicted octanol–water partition coefficient (Wildman–Crippen LogP) is 2.39. The highest BCUT2D eigenvalue weighted by atomic mass is 35.5. The molecule has 0 radical (unpaired) electrons. The molecule has 5 nitrogen and oxygen atoms in total. The van der Waals surface area contributed by atoms with Gasteiger partial charge in [-0.1, -0.05) is 30.3 Å². The lowest BCUT2D eigenvalue weighted by Crippen LogP contribution is -2.25. The van der Waals surface area contributed by atoms with Gasteiger partial charge in [0.2, 0.25) is 0 Å². The van der Waals surface area contributed by atoms with Crippen molar-refractivity contribution in [3.05, 3.63) is 31.8 Å². The Morgan fingerprint density at radius 3 is 2.84 bits per heavy atom. The zero-order valence-corrected chi connectivity index (χ0v) is 13.0. The molecule has 0 saturated carbocycles. The first-order valence-corrected chi connectivity index (χ1v) is 7.89. The third-order valence-electron chi connectivity index (χ3n) is 2.81. The van der Waals surface area contributed by atoms with Crippen molar-refractivity contribution in [2.24, 2.45) is 12.8 Å². The van der Waals surface area contributed by atoms with E-state index in [4.69, 9.17) is 17.3 Å². The molecule has 2 atom stereocenters. The summed E-state index contributed by atoms with van der Waals surface area (Å²) in [5, 5.41) is 7.10. The van der Waals surface area contributed by atoms with E-state index in [0.29, 0.717) is 5.16 Å². The van der Waals surface area contributed by atoms with Crippen LogP contribution in [0.2, 0.25) is 4.34 Å². The molecule has 0 spiro atoms. The van der Waals surface area contributed by atoms with Gasteiger partial charge in [0, 0.05) is 18.0 Å². The number of thioether (sulfide) groups is 1. The first-order valence-electron chi connectivity index (χ1n) is 5.81. The van der Waals surface area contributed by atoms with Crippen molar-refractivity contribution < 1.29 is 0 Å². The summed E-state index contributed by atoms with van der Waals surface area (Å²) in [4.78, 5) is 12.5. The normalized spacial score (nSPS) is 14.5. The zero-order valence-electron chi connectivity index (χ0n) is 10.6. The van der Waals surface area contributed by atoms with Gasteiger partial charge in [-0.25, -0.2) is 9.89 Å². The summed E-state index contributed by atoms with van der Waals surface area (Å²) in [6.07, 6.45) is 0.839. The van der Waals surface area contributed by atoms with Crippen LogP contribution in [0.3, 0.4) is 0 Å². The molecule has 3 N–H and O–H groups in total. The first kappa shape index (κ1) is 14.6. The Balaban J connectivity index is 2.29. The fourth-order valence-electron chi connectivity index (χ4n) is 1.60. The van der Waals surface area contributed by atoms with Crippen LogP contribution in [0.15, 0.2) is 22.1 Å². The number of hydrogen-bond donors (Lipinski definition) is 2. The molecule has 2 rings (SSSR count). The van der Waals surface area contributed by atoms with Crippen LogP contribution in [0.4, 0.5) is 0 Å². The van der Waals surface area contributed by atoms with Crippen LogP contribution in [-0.2, 0) is 7.05 Å². The average Bonchev–Trinajstić information content (AvgIpc) is 2.95. The van der Waals surface area contributed by atoms with Crippen LogP contribution in [0.1, 0.15) is 23.5 Å². The van der Waals surface area contributed by atoms with Crippen molar-refractivity contribution in [3.63, 3.8) is 0 Å². The van der Waals surface area contributed by atoms with E-state index in [-0.39, 0.29) is 17.0 Å². The first-order chi connectivity index (χ1) is 9.02. The van der Waals surface area contributed by atoms with Crippen molar-refractivity contribution in [2.75, 3.05) is 0 Å². The van der Waals surface area contributed by atoms with Crippen molar-refractivity contribution in [3.8, 4) is 0 Å². The highest BCUT2D eigenvalue weighted by Gasteiger charge is 2.24. The van der Waals surface area contributed by atoms with Crippen molar-refractivity contribution in [1.29, 1.82) is 0 Å². The minimum absolute atomic E-state index is 0.0217. The molecule has 19 heavy (non-hydrogen) atoms. The van der Waals surface area contributed by atoms with Crippen LogP contribution >= 0.6 is 34.7 Å². The molecular weight excluding hydrogens is 304 g/mol. The number of thiophene rings is 1. The molecule has 0 aliphatic rings. The number of nitrogens with one attached hydrogen (secondary N) is 1. The number of halogens is 1. The van der Waals surface area contributed by atoms with Gasteiger partial charge in [0.25, 0.3) is 0 Å². The van der Waals surface area contributed by atoms with E-state index in [1.807, 2.05) is 19.1 Å². The van der Waals surface area contributed by atoms with E-state index in [1.54, 1.807) is 7.05 Å². The number of hydrogen-bond acceptors (Lipinski definition) is 5. The highest BCUT2D eigenvalue weighted by Crippen LogP contribution is 2.40. The van der Waals surface area contributed by atoms with Crippen LogP contribution in [0.5, 0.6) is 0 Å². The summed E-state index contributed by atoms with van der Waals surface area (Å²) in [7, 11) is 1.68. The van der Waals surface area contributed by atoms with Crippen LogP contribution in [0, 0.1) is 0 Å². The highest BCUT2D eigenvalue weighted by molar-refractivity contribution is 7.99. The molecule has 2 aromatic rings. The molecule has 2 heterocycles. The molecule has 0 saturated heterocycles. The van der Waals surface area contributed by atoms with Gasteiger partial charge >= 0.3 is 5.69 Å². The summed E-state index contributed by atoms with van der Waals surface area (Å²) in [5.41, 5.74) is 5.95. The maximum absolute atomic E-state index is 11.4. The van der Waals surface area contributed by atoms with E-state index in [9.17, 15) is 4.79 Å². The number of aromatic amines is 1. The molecule has 0 aliphatic carbocycles. The molecule has 8 heteroatoms. The number of aromatic nitrogens is 3. The number of nitrogens with zero attached hydrogens (tertiary/aromatic N) is 2. The maximum Gasteiger partial charge on any atom is 0.343 e. The van der Waals surface area contributed by atoms with Crippen molar-refractivity contribution in [1.82, 2.24) is 14.8 Å². The van der Waals surface area contributed by atoms with Gasteiger partial charge in [-0.15, -0.1) is 16.4 Å². The second-order valence-corrected chi connectivity index (χ2v) is 6.98. The van der Waals surface area contributed by atoms with Crippen molar-refractivity contribution >= 4 is 34.7 Å². The standard InChI is InChI=1S/C11H15ClN4OS2/c1-3-6(13)9(7-4-5-8(12)18-7)19-11-15-14-10(17)16(11)2/h4-6,9H,3,13H2,1-2H3,(H,14,17). The number of H-pyrrole nitrogens is 1. The van der Waals surface area contributed by atoms with Crippen LogP contribution < -0.4 is 11.4 Å². The third-order valence-corrected chi connectivity index (χ3v) is 5.70. The summed E-state index contributed by atoms with van der Waals surface area (Å²) in [6.45, 7) is 2.04. The Hall–Kier alpha value is -0.760. The van der Waals surface area contributed by atoms with E-state index in [0.717, 1.165) is 15.6 Å². The van der Waals surface area contributed by atoms with Gasteiger partial charge < -0.3 is 5.73 Å². The number of rotatable bonds is 5. The Morgan fingerprint density at radius 1 is 1.63 bits per heavy atom. The number of nitrogens with two attached hydrogens (primary N) is 1. The Morgan fingerprint density at radius 2 is 2.37 bits per heavy atom. The van der Waals surface area contributed by atoms with E-state index in [2.05, 4.69) is 10.2 Å². The minimum Gasteiger partial charge on any atom is -0.326 e. The summed E-state index contributed by atoms with van der Waals surface area (Å²) in [5.74, 6) is 0. The van der Waals surface area contributed by atoms with Gasteiger partial charge in [0.15, 0.2) is 5.16 Å². The van der Waals surface area contributed by atoms with Gasteiger partial charge in [-0.05, 0) is 18.6 Å². The van der Waals surface area contributed by atoms with Gasteiger partial charge in [0.05, 0.1) is 9.59 Å². The monoisotopic (exact) mass is 318 g/mol. The topological polar surface area (TPSA) is 76.7 Å². The molecule has 0 amide bonds. The van der Waals surface area contributed by atoms with E-state index < -0.39 is 0 Å². The smallest absolute Gasteiger partial charge is 0.326 e. The van der Waals surface area contributed by atoms with Crippen LogP contribution in [-0.4, -0.2) is 20.8 Å². The average molecular weight is 319 g/mol. The molecule has 0 aromatic carbocycles. The second kappa shape index (κ2) is 6.13. The van der Waals surface area contributed by atoms with Crippen LogP contribution in [0.25, 0.3) is 0 Å². The van der Waals surface area contributed by atoms with E-state index in [1.165, 1.54) is 27.7 Å². The third kappa shape index (κ3) is 3.22. The lowest BCUT2D eigenvalue weighted by Gasteiger charge is -2.20. The second-order valence-electron chi connectivity index (χ2n) is 4.12. The maximum atomic E-state index is 11.4. The molecule has 0 bridgehead atoms. The fourth-order valence-corrected chi connectivity index (χ4v) is 4.14.